The Balaban J connectivity index is 1.45. The van der Waals surface area contributed by atoms with Gasteiger partial charge in [0.25, 0.3) is 11.8 Å². The number of anilines is 3. The van der Waals surface area contributed by atoms with Crippen LogP contribution in [0.4, 0.5) is 17.3 Å². The summed E-state index contributed by atoms with van der Waals surface area (Å²) in [6, 6.07) is 22.1. The molecule has 7 heteroatoms. The number of nitrogens with one attached hydrogen (secondary N) is 2. The second-order valence-electron chi connectivity index (χ2n) is 8.42. The number of aryl methyl sites for hydroxylation is 2. The molecule has 7 nitrogen and oxygen atoms in total. The van der Waals surface area contributed by atoms with Crippen LogP contribution in [0.25, 0.3) is 0 Å². The van der Waals surface area contributed by atoms with E-state index < -0.39 is 0 Å². The van der Waals surface area contributed by atoms with Gasteiger partial charge < -0.3 is 15.5 Å². The van der Waals surface area contributed by atoms with Gasteiger partial charge in [-0.3, -0.25) is 9.59 Å². The van der Waals surface area contributed by atoms with Crippen LogP contribution in [0.3, 0.4) is 0 Å². The Morgan fingerprint density at radius 3 is 2.29 bits per heavy atom. The van der Waals surface area contributed by atoms with Crippen molar-refractivity contribution >= 4 is 29.1 Å². The molecule has 0 fully saturated rings. The Morgan fingerprint density at radius 1 is 0.829 bits per heavy atom. The number of hydrogen-bond acceptors (Lipinski definition) is 5. The lowest BCUT2D eigenvalue weighted by Crippen LogP contribution is -2.19. The van der Waals surface area contributed by atoms with E-state index in [0.29, 0.717) is 29.2 Å². The van der Waals surface area contributed by atoms with Gasteiger partial charge in [-0.2, -0.15) is 0 Å². The molecule has 0 saturated heterocycles. The number of hydrogen-bond donors (Lipinski definition) is 2. The van der Waals surface area contributed by atoms with Crippen LogP contribution in [-0.2, 0) is 6.54 Å². The van der Waals surface area contributed by atoms with Gasteiger partial charge in [-0.1, -0.05) is 35.9 Å². The first-order valence-electron chi connectivity index (χ1n) is 11.3. The van der Waals surface area contributed by atoms with E-state index in [4.69, 9.17) is 0 Å². The maximum atomic E-state index is 12.9. The third-order valence-corrected chi connectivity index (χ3v) is 5.50. The summed E-state index contributed by atoms with van der Waals surface area (Å²) in [5.74, 6) is 0.695. The lowest BCUT2D eigenvalue weighted by atomic mass is 10.1. The van der Waals surface area contributed by atoms with Crippen LogP contribution in [0.2, 0.25) is 0 Å². The van der Waals surface area contributed by atoms with E-state index >= 15 is 0 Å². The predicted octanol–water partition coefficient (Wildman–Crippen LogP) is 5.23. The number of pyridine rings is 2. The first-order valence-corrected chi connectivity index (χ1v) is 11.3. The number of nitrogens with zero attached hydrogens (tertiary/aromatic N) is 3. The molecule has 0 aliphatic carbocycles. The van der Waals surface area contributed by atoms with Gasteiger partial charge in [-0.15, -0.1) is 0 Å². The minimum absolute atomic E-state index is 0.291. The normalized spacial score (nSPS) is 10.5. The highest BCUT2D eigenvalue weighted by atomic mass is 16.2. The standard InChI is InChI=1S/C28H27N5O2/c1-19-7-13-24(23(16-19)28(35)32-25-14-8-20(2)17-30-25)31-27(34)22-11-9-21(10-12-22)18-33(3)26-6-4-5-15-29-26/h4-17H,18H2,1-3H3,(H,31,34)(H,30,32,35). The van der Waals surface area contributed by atoms with Crippen molar-refractivity contribution in [2.75, 3.05) is 22.6 Å². The van der Waals surface area contributed by atoms with Crippen LogP contribution >= 0.6 is 0 Å². The number of aromatic nitrogens is 2. The third-order valence-electron chi connectivity index (χ3n) is 5.50. The van der Waals surface area contributed by atoms with Crippen molar-refractivity contribution in [3.8, 4) is 0 Å². The molecule has 0 bridgehead atoms. The van der Waals surface area contributed by atoms with Crippen LogP contribution in [0, 0.1) is 13.8 Å². The summed E-state index contributed by atoms with van der Waals surface area (Å²) in [4.78, 5) is 36.5. The van der Waals surface area contributed by atoms with Gasteiger partial charge in [-0.05, 0) is 67.4 Å². The summed E-state index contributed by atoms with van der Waals surface area (Å²) in [5, 5.41) is 5.67. The molecule has 0 radical (unpaired) electrons. The molecule has 2 aromatic heterocycles. The lowest BCUT2D eigenvalue weighted by molar-refractivity contribution is 0.102. The predicted molar refractivity (Wildman–Crippen MR) is 139 cm³/mol. The lowest BCUT2D eigenvalue weighted by Gasteiger charge is -2.18. The number of carbonyl (C=O) groups is 2. The Kier molecular flexibility index (Phi) is 7.16. The summed E-state index contributed by atoms with van der Waals surface area (Å²) in [5.41, 5.74) is 4.27. The highest BCUT2D eigenvalue weighted by Gasteiger charge is 2.16. The van der Waals surface area contributed by atoms with Gasteiger partial charge in [0, 0.05) is 31.5 Å². The van der Waals surface area contributed by atoms with Crippen molar-refractivity contribution in [1.82, 2.24) is 9.97 Å². The molecule has 0 aliphatic heterocycles. The van der Waals surface area contributed by atoms with Gasteiger partial charge in [0.05, 0.1) is 11.3 Å². The zero-order chi connectivity index (χ0) is 24.8. The van der Waals surface area contributed by atoms with E-state index in [-0.39, 0.29) is 11.8 Å². The first kappa shape index (κ1) is 23.6. The van der Waals surface area contributed by atoms with Crippen LogP contribution < -0.4 is 15.5 Å². The molecular weight excluding hydrogens is 438 g/mol. The second-order valence-corrected chi connectivity index (χ2v) is 8.42. The highest BCUT2D eigenvalue weighted by Crippen LogP contribution is 2.21. The summed E-state index contributed by atoms with van der Waals surface area (Å²) >= 11 is 0. The average Bonchev–Trinajstić information content (AvgIpc) is 2.87. The molecule has 2 aromatic carbocycles. The molecule has 0 aliphatic rings. The molecule has 4 aromatic rings. The molecule has 2 N–H and O–H groups in total. The van der Waals surface area contributed by atoms with Crippen molar-refractivity contribution in [3.05, 3.63) is 113 Å². The quantitative estimate of drug-likeness (QED) is 0.390. The Bertz CT molecular complexity index is 1320. The highest BCUT2D eigenvalue weighted by molar-refractivity contribution is 6.12. The zero-order valence-corrected chi connectivity index (χ0v) is 19.9. The van der Waals surface area contributed by atoms with Crippen LogP contribution in [0.5, 0.6) is 0 Å². The second kappa shape index (κ2) is 10.6. The summed E-state index contributed by atoms with van der Waals surface area (Å²) in [6.07, 6.45) is 3.45. The van der Waals surface area contributed by atoms with Crippen molar-refractivity contribution < 1.29 is 9.59 Å². The van der Waals surface area contributed by atoms with Crippen LogP contribution in [0.1, 0.15) is 37.4 Å². The monoisotopic (exact) mass is 465 g/mol. The van der Waals surface area contributed by atoms with Gasteiger partial charge in [0.1, 0.15) is 11.6 Å². The molecule has 35 heavy (non-hydrogen) atoms. The van der Waals surface area contributed by atoms with E-state index in [2.05, 4.69) is 20.6 Å². The van der Waals surface area contributed by atoms with E-state index in [1.54, 1.807) is 42.7 Å². The van der Waals surface area contributed by atoms with Crippen LogP contribution in [0.15, 0.2) is 85.2 Å². The fourth-order valence-electron chi connectivity index (χ4n) is 3.57. The molecule has 4 rings (SSSR count). The number of carbonyl (C=O) groups excluding carboxylic acids is 2. The maximum Gasteiger partial charge on any atom is 0.258 e. The van der Waals surface area contributed by atoms with Crippen LogP contribution in [-0.4, -0.2) is 28.8 Å². The Hall–Kier alpha value is -4.52. The summed E-state index contributed by atoms with van der Waals surface area (Å²) < 4.78 is 0. The molecule has 176 valence electrons. The van der Waals surface area contributed by atoms with E-state index in [0.717, 1.165) is 22.5 Å². The van der Waals surface area contributed by atoms with Gasteiger partial charge in [0.2, 0.25) is 0 Å². The molecule has 2 heterocycles. The molecule has 0 unspecified atom stereocenters. The minimum atomic E-state index is -0.340. The first-order chi connectivity index (χ1) is 16.9. The van der Waals surface area contributed by atoms with Crippen molar-refractivity contribution in [2.45, 2.75) is 20.4 Å². The van der Waals surface area contributed by atoms with E-state index in [1.807, 2.05) is 68.3 Å². The molecule has 2 amide bonds. The van der Waals surface area contributed by atoms with Crippen molar-refractivity contribution in [3.63, 3.8) is 0 Å². The van der Waals surface area contributed by atoms with Gasteiger partial charge >= 0.3 is 0 Å². The summed E-state index contributed by atoms with van der Waals surface area (Å²) in [7, 11) is 1.97. The van der Waals surface area contributed by atoms with Crippen molar-refractivity contribution in [2.24, 2.45) is 0 Å². The molecule has 0 saturated carbocycles. The van der Waals surface area contributed by atoms with Gasteiger partial charge in [0.15, 0.2) is 0 Å². The van der Waals surface area contributed by atoms with Crippen molar-refractivity contribution in [1.29, 1.82) is 0 Å². The number of benzene rings is 2. The number of amides is 2. The Morgan fingerprint density at radius 2 is 1.60 bits per heavy atom. The fraction of sp³-hybridized carbons (Fsp3) is 0.143. The van der Waals surface area contributed by atoms with Gasteiger partial charge in [-0.25, -0.2) is 9.97 Å². The minimum Gasteiger partial charge on any atom is -0.355 e. The number of rotatable bonds is 7. The molecular formula is C28H27N5O2. The Labute approximate surface area is 204 Å². The average molecular weight is 466 g/mol. The fourth-order valence-corrected chi connectivity index (χ4v) is 3.57. The zero-order valence-electron chi connectivity index (χ0n) is 19.9. The SMILES string of the molecule is Cc1ccc(NC(=O)c2cc(C)ccc2NC(=O)c2ccc(CN(C)c3ccccn3)cc2)nc1. The maximum absolute atomic E-state index is 12.9. The largest absolute Gasteiger partial charge is 0.355 e. The smallest absolute Gasteiger partial charge is 0.258 e. The third kappa shape index (κ3) is 6.09. The topological polar surface area (TPSA) is 87.2 Å². The summed E-state index contributed by atoms with van der Waals surface area (Å²) in [6.45, 7) is 4.49. The van der Waals surface area contributed by atoms with E-state index in [1.165, 1.54) is 0 Å². The molecule has 0 spiro atoms. The molecule has 0 atom stereocenters. The van der Waals surface area contributed by atoms with E-state index in [9.17, 15) is 9.59 Å².